The van der Waals surface area contributed by atoms with Crippen LogP contribution in [0.15, 0.2) is 70.6 Å². The van der Waals surface area contributed by atoms with Gasteiger partial charge >= 0.3 is 6.18 Å². The molecule has 0 spiro atoms. The SMILES string of the molecule is CS(=O)(=O)c1ccccc1C(=O)c1ncc(Cl)cc1NS(=O)(=O)c1cccc(C(F)(F)F)c1. The summed E-state index contributed by atoms with van der Waals surface area (Å²) in [5.74, 6) is -0.936. The molecule has 7 nitrogen and oxygen atoms in total. The lowest BCUT2D eigenvalue weighted by atomic mass is 10.1. The summed E-state index contributed by atoms with van der Waals surface area (Å²) in [4.78, 5) is 15.9. The minimum absolute atomic E-state index is 0.0790. The number of anilines is 1. The first kappa shape index (κ1) is 24.7. The van der Waals surface area contributed by atoms with Crippen molar-refractivity contribution in [3.63, 3.8) is 0 Å². The average molecular weight is 519 g/mol. The van der Waals surface area contributed by atoms with E-state index in [-0.39, 0.29) is 15.5 Å². The number of ketones is 1. The van der Waals surface area contributed by atoms with Crippen LogP contribution < -0.4 is 4.72 Å². The van der Waals surface area contributed by atoms with Crippen LogP contribution in [0, 0.1) is 0 Å². The number of nitrogens with one attached hydrogen (secondary N) is 1. The van der Waals surface area contributed by atoms with Gasteiger partial charge in [0.1, 0.15) is 5.69 Å². The van der Waals surface area contributed by atoms with Gasteiger partial charge < -0.3 is 0 Å². The van der Waals surface area contributed by atoms with Crippen molar-refractivity contribution in [3.8, 4) is 0 Å². The van der Waals surface area contributed by atoms with Crippen LogP contribution in [0.5, 0.6) is 0 Å². The Hall–Kier alpha value is -2.96. The Morgan fingerprint density at radius 2 is 1.67 bits per heavy atom. The highest BCUT2D eigenvalue weighted by Gasteiger charge is 2.32. The molecule has 0 atom stereocenters. The number of pyridine rings is 1. The lowest BCUT2D eigenvalue weighted by Crippen LogP contribution is -2.18. The molecule has 0 saturated carbocycles. The van der Waals surface area contributed by atoms with E-state index in [0.717, 1.165) is 30.7 Å². The number of aromatic nitrogens is 1. The molecular weight excluding hydrogens is 505 g/mol. The molecule has 3 aromatic rings. The molecular formula is C20H14ClF3N2O5S2. The van der Waals surface area contributed by atoms with E-state index in [4.69, 9.17) is 11.6 Å². The Morgan fingerprint density at radius 3 is 2.30 bits per heavy atom. The quantitative estimate of drug-likeness (QED) is 0.490. The maximum absolute atomic E-state index is 13.1. The van der Waals surface area contributed by atoms with Crippen molar-refractivity contribution in [2.45, 2.75) is 16.0 Å². The minimum atomic E-state index is -4.78. The van der Waals surface area contributed by atoms with Crippen molar-refractivity contribution in [1.82, 2.24) is 4.98 Å². The molecule has 174 valence electrons. The smallest absolute Gasteiger partial charge is 0.287 e. The topological polar surface area (TPSA) is 110 Å². The minimum Gasteiger partial charge on any atom is -0.287 e. The molecule has 0 aliphatic rings. The van der Waals surface area contributed by atoms with Crippen LogP contribution in [0.25, 0.3) is 0 Å². The van der Waals surface area contributed by atoms with Crippen LogP contribution in [0.1, 0.15) is 21.6 Å². The molecule has 0 fully saturated rings. The molecule has 0 aliphatic carbocycles. The molecule has 0 unspecified atom stereocenters. The van der Waals surface area contributed by atoms with E-state index in [1.54, 1.807) is 0 Å². The molecule has 13 heteroatoms. The lowest BCUT2D eigenvalue weighted by molar-refractivity contribution is -0.137. The fourth-order valence-electron chi connectivity index (χ4n) is 2.85. The number of sulfone groups is 1. The van der Waals surface area contributed by atoms with Crippen LogP contribution in [-0.2, 0) is 26.0 Å². The number of carbonyl (C=O) groups is 1. The van der Waals surface area contributed by atoms with Crippen molar-refractivity contribution in [3.05, 3.63) is 82.6 Å². The van der Waals surface area contributed by atoms with Crippen molar-refractivity contribution in [1.29, 1.82) is 0 Å². The zero-order valence-electron chi connectivity index (χ0n) is 16.6. The van der Waals surface area contributed by atoms with E-state index in [0.29, 0.717) is 12.1 Å². The number of carbonyl (C=O) groups excluding carboxylic acids is 1. The predicted octanol–water partition coefficient (Wildman–Crippen LogP) is 4.19. The highest BCUT2D eigenvalue weighted by atomic mass is 35.5. The molecule has 0 radical (unpaired) electrons. The monoisotopic (exact) mass is 518 g/mol. The van der Waals surface area contributed by atoms with E-state index in [9.17, 15) is 34.8 Å². The molecule has 0 amide bonds. The number of nitrogens with zero attached hydrogens (tertiary/aromatic N) is 1. The first-order chi connectivity index (χ1) is 15.2. The zero-order chi connectivity index (χ0) is 24.6. The summed E-state index contributed by atoms with van der Waals surface area (Å²) in [5.41, 5.74) is -2.39. The van der Waals surface area contributed by atoms with Gasteiger partial charge in [-0.15, -0.1) is 0 Å². The summed E-state index contributed by atoms with van der Waals surface area (Å²) in [6.45, 7) is 0. The fourth-order valence-corrected chi connectivity index (χ4v) is 4.99. The molecule has 33 heavy (non-hydrogen) atoms. The molecule has 0 aliphatic heterocycles. The molecule has 0 bridgehead atoms. The lowest BCUT2D eigenvalue weighted by Gasteiger charge is -2.14. The maximum Gasteiger partial charge on any atom is 0.416 e. The summed E-state index contributed by atoms with van der Waals surface area (Å²) >= 11 is 5.88. The maximum atomic E-state index is 13.1. The first-order valence-electron chi connectivity index (χ1n) is 8.89. The van der Waals surface area contributed by atoms with Gasteiger partial charge in [0.05, 0.1) is 26.1 Å². The molecule has 3 rings (SSSR count). The summed E-state index contributed by atoms with van der Waals surface area (Å²) in [7, 11) is -8.43. The van der Waals surface area contributed by atoms with Gasteiger partial charge in [0.15, 0.2) is 9.84 Å². The Morgan fingerprint density at radius 1 is 1.00 bits per heavy atom. The summed E-state index contributed by atoms with van der Waals surface area (Å²) < 4.78 is 90.7. The summed E-state index contributed by atoms with van der Waals surface area (Å²) in [6, 6.07) is 9.26. The second-order valence-electron chi connectivity index (χ2n) is 6.78. The van der Waals surface area contributed by atoms with Crippen LogP contribution in [0.4, 0.5) is 18.9 Å². The van der Waals surface area contributed by atoms with Gasteiger partial charge in [0.2, 0.25) is 5.78 Å². The highest BCUT2D eigenvalue weighted by molar-refractivity contribution is 7.92. The van der Waals surface area contributed by atoms with Crippen molar-refractivity contribution in [2.75, 3.05) is 11.0 Å². The zero-order valence-corrected chi connectivity index (χ0v) is 19.0. The van der Waals surface area contributed by atoms with Gasteiger partial charge in [-0.3, -0.25) is 9.52 Å². The summed E-state index contributed by atoms with van der Waals surface area (Å²) in [6.07, 6.45) is -2.84. The number of hydrogen-bond donors (Lipinski definition) is 1. The number of hydrogen-bond acceptors (Lipinski definition) is 6. The molecule has 0 saturated heterocycles. The second kappa shape index (κ2) is 8.76. The third-order valence-electron chi connectivity index (χ3n) is 4.32. The van der Waals surface area contributed by atoms with Crippen molar-refractivity contribution < 1.29 is 34.8 Å². The summed E-state index contributed by atoms with van der Waals surface area (Å²) in [5, 5.41) is -0.0790. The van der Waals surface area contributed by atoms with Crippen molar-refractivity contribution >= 4 is 42.9 Å². The van der Waals surface area contributed by atoms with Crippen molar-refractivity contribution in [2.24, 2.45) is 0 Å². The van der Waals surface area contributed by atoms with Crippen LogP contribution in [0.2, 0.25) is 5.02 Å². The van der Waals surface area contributed by atoms with Crippen LogP contribution >= 0.6 is 11.6 Å². The predicted molar refractivity (Wildman–Crippen MR) is 114 cm³/mol. The Balaban J connectivity index is 2.09. The van der Waals surface area contributed by atoms with Gasteiger partial charge in [-0.25, -0.2) is 21.8 Å². The van der Waals surface area contributed by atoms with Gasteiger partial charge in [0.25, 0.3) is 10.0 Å². The van der Waals surface area contributed by atoms with Crippen LogP contribution in [0.3, 0.4) is 0 Å². The second-order valence-corrected chi connectivity index (χ2v) is 10.9. The highest BCUT2D eigenvalue weighted by Crippen LogP contribution is 2.32. The van der Waals surface area contributed by atoms with Gasteiger partial charge in [-0.2, -0.15) is 13.2 Å². The molecule has 2 aromatic carbocycles. The first-order valence-corrected chi connectivity index (χ1v) is 12.6. The van der Waals surface area contributed by atoms with Gasteiger partial charge in [0, 0.05) is 18.0 Å². The number of rotatable bonds is 6. The van der Waals surface area contributed by atoms with E-state index >= 15 is 0 Å². The molecule has 1 N–H and O–H groups in total. The third kappa shape index (κ3) is 5.52. The van der Waals surface area contributed by atoms with E-state index in [2.05, 4.69) is 4.98 Å². The average Bonchev–Trinajstić information content (AvgIpc) is 2.72. The fraction of sp³-hybridized carbons (Fsp3) is 0.100. The number of benzene rings is 2. The molecule has 1 aromatic heterocycles. The van der Waals surface area contributed by atoms with Gasteiger partial charge in [-0.05, 0) is 36.4 Å². The van der Waals surface area contributed by atoms with E-state index < -0.39 is 53.7 Å². The number of alkyl halides is 3. The largest absolute Gasteiger partial charge is 0.416 e. The number of sulfonamides is 1. The van der Waals surface area contributed by atoms with E-state index in [1.165, 1.54) is 24.3 Å². The number of halogens is 4. The van der Waals surface area contributed by atoms with E-state index in [1.807, 2.05) is 4.72 Å². The third-order valence-corrected chi connectivity index (χ3v) is 7.04. The van der Waals surface area contributed by atoms with Crippen LogP contribution in [-0.4, -0.2) is 33.9 Å². The molecule has 1 heterocycles. The Bertz CT molecular complexity index is 1460. The standard InChI is InChI=1S/C20H14ClF3N2O5S2/c1-32(28,29)17-8-3-2-7-15(17)19(27)18-16(10-13(21)11-25-18)26-33(30,31)14-6-4-5-12(9-14)20(22,23)24/h2-11,26H,1H3. The van der Waals surface area contributed by atoms with Gasteiger partial charge in [-0.1, -0.05) is 29.8 Å². The Kier molecular flexibility index (Phi) is 6.55. The normalized spacial score (nSPS) is 12.4. The Labute approximate surface area is 192 Å².